The Bertz CT molecular complexity index is 1780. The van der Waals surface area contributed by atoms with Crippen molar-refractivity contribution in [2.24, 2.45) is 0 Å². The number of halogens is 4. The summed E-state index contributed by atoms with van der Waals surface area (Å²) >= 11 is 6.33. The van der Waals surface area contributed by atoms with Crippen LogP contribution >= 0.6 is 11.6 Å². The second-order valence-corrected chi connectivity index (χ2v) is 12.7. The normalized spacial score (nSPS) is 26.0. The predicted molar refractivity (Wildman–Crippen MR) is 159 cm³/mol. The third-order valence-corrected chi connectivity index (χ3v) is 9.24. The molecule has 232 valence electrons. The summed E-state index contributed by atoms with van der Waals surface area (Å²) < 4.78 is 57.3. The number of anilines is 1. The van der Waals surface area contributed by atoms with E-state index in [0.717, 1.165) is 19.4 Å². The van der Waals surface area contributed by atoms with Gasteiger partial charge in [-0.05, 0) is 49.9 Å². The van der Waals surface area contributed by atoms with Crippen LogP contribution in [0.5, 0.6) is 11.8 Å². The maximum Gasteiger partial charge on any atom is 0.319 e. The van der Waals surface area contributed by atoms with Gasteiger partial charge in [-0.3, -0.25) is 9.88 Å². The monoisotopic (exact) mass is 629 g/mol. The van der Waals surface area contributed by atoms with E-state index in [0.29, 0.717) is 31.5 Å². The van der Waals surface area contributed by atoms with Crippen molar-refractivity contribution in [3.63, 3.8) is 0 Å². The molecule has 2 aromatic heterocycles. The lowest BCUT2D eigenvalue weighted by molar-refractivity contribution is -0.0123. The summed E-state index contributed by atoms with van der Waals surface area (Å²) in [5, 5.41) is 21.9. The maximum atomic E-state index is 16.6. The van der Waals surface area contributed by atoms with Gasteiger partial charge in [-0.2, -0.15) is 9.97 Å². The molecule has 0 radical (unpaired) electrons. The van der Waals surface area contributed by atoms with Gasteiger partial charge in [0.1, 0.15) is 47.0 Å². The molecule has 3 saturated heterocycles. The third-order valence-electron chi connectivity index (χ3n) is 8.87. The standard InChI is InChI=1S/C31H31ClF3N5O4/c1-30(42)14-39(7-8-43-15-30)28-21-12-36-26(20-10-19(41)9-17-3-4-22(34)24(32)23(17)20)25(35)27(21)37-29(38-28)44-16-31-5-2-6-40(31)13-18(33)11-31/h3-4,9-10,12,18,41-42H,2,5-8,11,13-16H2,1H3/t18-,30?,31+/m1/s1. The van der Waals surface area contributed by atoms with Crippen LogP contribution in [0.1, 0.15) is 26.2 Å². The molecule has 7 rings (SSSR count). The van der Waals surface area contributed by atoms with Crippen LogP contribution in [0, 0.1) is 11.6 Å². The van der Waals surface area contributed by atoms with Crippen LogP contribution in [0.25, 0.3) is 32.9 Å². The Balaban J connectivity index is 1.38. The number of aromatic nitrogens is 3. The fourth-order valence-electron chi connectivity index (χ4n) is 6.91. The zero-order chi connectivity index (χ0) is 30.8. The number of benzene rings is 2. The fourth-order valence-corrected chi connectivity index (χ4v) is 7.19. The number of fused-ring (bicyclic) bond motifs is 3. The Labute approximate surface area is 256 Å². The molecule has 3 atom stereocenters. The Morgan fingerprint density at radius 1 is 1.20 bits per heavy atom. The molecule has 3 aliphatic heterocycles. The number of hydrogen-bond donors (Lipinski definition) is 2. The number of nitrogens with zero attached hydrogens (tertiary/aromatic N) is 5. The lowest BCUT2D eigenvalue weighted by Gasteiger charge is -2.31. The van der Waals surface area contributed by atoms with E-state index in [4.69, 9.17) is 21.1 Å². The summed E-state index contributed by atoms with van der Waals surface area (Å²) in [4.78, 5) is 17.4. The number of aliphatic hydroxyl groups is 1. The molecule has 0 spiro atoms. The molecule has 0 bridgehead atoms. The van der Waals surface area contributed by atoms with Gasteiger partial charge in [-0.1, -0.05) is 17.7 Å². The van der Waals surface area contributed by atoms with Crippen LogP contribution in [0.2, 0.25) is 5.02 Å². The molecule has 3 fully saturated rings. The summed E-state index contributed by atoms with van der Waals surface area (Å²) in [7, 11) is 0. The Kier molecular flexibility index (Phi) is 7.23. The van der Waals surface area contributed by atoms with E-state index < -0.39 is 28.9 Å². The Morgan fingerprint density at radius 2 is 2.05 bits per heavy atom. The van der Waals surface area contributed by atoms with Gasteiger partial charge in [0.25, 0.3) is 0 Å². The predicted octanol–water partition coefficient (Wildman–Crippen LogP) is 5.03. The highest BCUT2D eigenvalue weighted by atomic mass is 35.5. The first-order valence-corrected chi connectivity index (χ1v) is 15.0. The molecule has 0 amide bonds. The molecule has 2 aromatic carbocycles. The molecule has 0 aliphatic carbocycles. The minimum atomic E-state index is -1.22. The third kappa shape index (κ3) is 5.07. The highest BCUT2D eigenvalue weighted by Gasteiger charge is 2.49. The molecule has 3 aliphatic rings. The zero-order valence-electron chi connectivity index (χ0n) is 24.0. The van der Waals surface area contributed by atoms with E-state index in [2.05, 4.69) is 19.9 Å². The van der Waals surface area contributed by atoms with Gasteiger partial charge in [0.15, 0.2) is 5.82 Å². The van der Waals surface area contributed by atoms with Gasteiger partial charge >= 0.3 is 6.01 Å². The summed E-state index contributed by atoms with van der Waals surface area (Å²) in [5.74, 6) is -1.45. The Hall–Kier alpha value is -3.45. The zero-order valence-corrected chi connectivity index (χ0v) is 24.7. The van der Waals surface area contributed by atoms with Crippen molar-refractivity contribution in [3.05, 3.63) is 47.1 Å². The molecule has 44 heavy (non-hydrogen) atoms. The highest BCUT2D eigenvalue weighted by Crippen LogP contribution is 2.42. The van der Waals surface area contributed by atoms with Crippen molar-refractivity contribution in [2.45, 2.75) is 43.5 Å². The molecule has 5 heterocycles. The Morgan fingerprint density at radius 3 is 2.89 bits per heavy atom. The summed E-state index contributed by atoms with van der Waals surface area (Å²) in [6.45, 7) is 3.78. The molecular weight excluding hydrogens is 599 g/mol. The van der Waals surface area contributed by atoms with Crippen molar-refractivity contribution in [1.82, 2.24) is 19.9 Å². The molecule has 9 nitrogen and oxygen atoms in total. The number of aromatic hydroxyl groups is 1. The molecule has 13 heteroatoms. The number of phenols is 1. The first-order valence-electron chi connectivity index (χ1n) is 14.6. The molecule has 2 N–H and O–H groups in total. The van der Waals surface area contributed by atoms with Crippen LogP contribution in [0.4, 0.5) is 19.0 Å². The van der Waals surface area contributed by atoms with Crippen molar-refractivity contribution >= 4 is 39.1 Å². The van der Waals surface area contributed by atoms with Gasteiger partial charge in [0.2, 0.25) is 0 Å². The van der Waals surface area contributed by atoms with Gasteiger partial charge in [0, 0.05) is 36.7 Å². The molecule has 0 saturated carbocycles. The van der Waals surface area contributed by atoms with Gasteiger partial charge in [-0.15, -0.1) is 0 Å². The lowest BCUT2D eigenvalue weighted by atomic mass is 9.95. The molecule has 1 unspecified atom stereocenters. The second kappa shape index (κ2) is 10.9. The average Bonchev–Trinajstić information content (AvgIpc) is 3.43. The SMILES string of the molecule is CC1(O)COCCN(c2nc(OC[C@@]34CCCN3C[C@H](F)C4)nc3c(F)c(-c4cc(O)cc5ccc(F)c(Cl)c45)ncc23)C1. The minimum absolute atomic E-state index is 0.0815. The van der Waals surface area contributed by atoms with Crippen molar-refractivity contribution < 1.29 is 32.9 Å². The number of β-amino-alcohol motifs (C(OH)–C–C–N with tert-alkyl or cyclic N) is 1. The van der Waals surface area contributed by atoms with E-state index in [1.807, 2.05) is 0 Å². The van der Waals surface area contributed by atoms with Crippen LogP contribution in [0.15, 0.2) is 30.5 Å². The van der Waals surface area contributed by atoms with E-state index in [1.165, 1.54) is 30.5 Å². The smallest absolute Gasteiger partial charge is 0.319 e. The number of alkyl halides is 1. The van der Waals surface area contributed by atoms with E-state index >= 15 is 4.39 Å². The van der Waals surface area contributed by atoms with Crippen molar-refractivity contribution in [1.29, 1.82) is 0 Å². The second-order valence-electron chi connectivity index (χ2n) is 12.3. The fraction of sp³-hybridized carbons (Fsp3) is 0.452. The number of rotatable bonds is 5. The topological polar surface area (TPSA) is 104 Å². The molecular formula is C31H31ClF3N5O4. The van der Waals surface area contributed by atoms with E-state index in [1.54, 1.807) is 11.8 Å². The average molecular weight is 630 g/mol. The maximum absolute atomic E-state index is 16.6. The van der Waals surface area contributed by atoms with Crippen LogP contribution < -0.4 is 9.64 Å². The van der Waals surface area contributed by atoms with E-state index in [-0.39, 0.29) is 69.9 Å². The number of phenolic OH excluding ortho intramolecular Hbond substituents is 1. The quantitative estimate of drug-likeness (QED) is 0.315. The van der Waals surface area contributed by atoms with Gasteiger partial charge in [-0.25, -0.2) is 13.2 Å². The van der Waals surface area contributed by atoms with Crippen molar-refractivity contribution in [3.8, 4) is 23.0 Å². The lowest BCUT2D eigenvalue weighted by Crippen LogP contribution is -2.44. The number of hydrogen-bond acceptors (Lipinski definition) is 9. The van der Waals surface area contributed by atoms with E-state index in [9.17, 15) is 19.0 Å². The number of pyridine rings is 1. The first kappa shape index (κ1) is 29.3. The number of ether oxygens (including phenoxy) is 2. The minimum Gasteiger partial charge on any atom is -0.508 e. The van der Waals surface area contributed by atoms with Crippen molar-refractivity contribution in [2.75, 3.05) is 50.9 Å². The molecule has 4 aromatic rings. The summed E-state index contributed by atoms with van der Waals surface area (Å²) in [6.07, 6.45) is 2.48. The van der Waals surface area contributed by atoms with Crippen LogP contribution in [-0.4, -0.2) is 93.4 Å². The largest absolute Gasteiger partial charge is 0.508 e. The van der Waals surface area contributed by atoms with Crippen LogP contribution in [0.3, 0.4) is 0 Å². The highest BCUT2D eigenvalue weighted by molar-refractivity contribution is 6.37. The summed E-state index contributed by atoms with van der Waals surface area (Å²) in [6, 6.07) is 5.17. The van der Waals surface area contributed by atoms with Crippen LogP contribution in [-0.2, 0) is 4.74 Å². The van der Waals surface area contributed by atoms with Gasteiger partial charge < -0.3 is 24.6 Å². The summed E-state index contributed by atoms with van der Waals surface area (Å²) in [5.41, 5.74) is -1.95. The van der Waals surface area contributed by atoms with Gasteiger partial charge in [0.05, 0.1) is 35.7 Å². The first-order chi connectivity index (χ1) is 21.0.